The fraction of sp³-hybridized carbons (Fsp3) is 0.368. The van der Waals surface area contributed by atoms with E-state index in [0.29, 0.717) is 18.8 Å². The van der Waals surface area contributed by atoms with Gasteiger partial charge in [0.05, 0.1) is 5.56 Å². The first-order valence-electron chi connectivity index (χ1n) is 8.35. The SMILES string of the molecule is Cc1cccc(N2CCN(c3cc(C(F)(F)F)ccc3CN)CC2)c1. The van der Waals surface area contributed by atoms with Crippen molar-refractivity contribution in [1.82, 2.24) is 0 Å². The number of piperazine rings is 1. The number of aryl methyl sites for hydroxylation is 1. The smallest absolute Gasteiger partial charge is 0.368 e. The Kier molecular flexibility index (Phi) is 4.90. The predicted octanol–water partition coefficient (Wildman–Crippen LogP) is 3.80. The minimum absolute atomic E-state index is 0.228. The average molecular weight is 349 g/mol. The molecule has 134 valence electrons. The highest BCUT2D eigenvalue weighted by Gasteiger charge is 2.32. The van der Waals surface area contributed by atoms with Crippen LogP contribution in [0.4, 0.5) is 24.5 Å². The molecule has 0 radical (unpaired) electrons. The van der Waals surface area contributed by atoms with Crippen molar-refractivity contribution in [1.29, 1.82) is 0 Å². The average Bonchev–Trinajstić information content (AvgIpc) is 2.60. The van der Waals surface area contributed by atoms with Crippen LogP contribution in [-0.4, -0.2) is 26.2 Å². The van der Waals surface area contributed by atoms with Gasteiger partial charge >= 0.3 is 6.18 Å². The summed E-state index contributed by atoms with van der Waals surface area (Å²) >= 11 is 0. The summed E-state index contributed by atoms with van der Waals surface area (Å²) in [6, 6.07) is 12.1. The maximum atomic E-state index is 13.0. The second-order valence-corrected chi connectivity index (χ2v) is 6.36. The molecule has 1 fully saturated rings. The van der Waals surface area contributed by atoms with E-state index in [-0.39, 0.29) is 6.54 Å². The fourth-order valence-electron chi connectivity index (χ4n) is 3.24. The lowest BCUT2D eigenvalue weighted by molar-refractivity contribution is -0.137. The molecule has 0 spiro atoms. The molecule has 1 aliphatic heterocycles. The van der Waals surface area contributed by atoms with Gasteiger partial charge in [0.25, 0.3) is 0 Å². The Labute approximate surface area is 145 Å². The number of alkyl halides is 3. The first-order chi connectivity index (χ1) is 11.9. The van der Waals surface area contributed by atoms with E-state index in [9.17, 15) is 13.2 Å². The van der Waals surface area contributed by atoms with E-state index in [1.54, 1.807) is 0 Å². The van der Waals surface area contributed by atoms with Gasteiger partial charge in [-0.1, -0.05) is 18.2 Å². The molecule has 1 saturated heterocycles. The molecule has 0 atom stereocenters. The molecule has 0 amide bonds. The molecule has 3 nitrogen and oxygen atoms in total. The molecule has 2 aromatic carbocycles. The lowest BCUT2D eigenvalue weighted by Crippen LogP contribution is -2.47. The van der Waals surface area contributed by atoms with Crippen LogP contribution in [0.25, 0.3) is 0 Å². The summed E-state index contributed by atoms with van der Waals surface area (Å²) in [7, 11) is 0. The number of nitrogens with zero attached hydrogens (tertiary/aromatic N) is 2. The van der Waals surface area contributed by atoms with Crippen LogP contribution in [0.3, 0.4) is 0 Å². The highest BCUT2D eigenvalue weighted by Crippen LogP contribution is 2.34. The Morgan fingerprint density at radius 2 is 1.64 bits per heavy atom. The molecule has 6 heteroatoms. The number of hydrogen-bond donors (Lipinski definition) is 1. The van der Waals surface area contributed by atoms with Gasteiger partial charge < -0.3 is 15.5 Å². The molecule has 0 aromatic heterocycles. The number of anilines is 2. The van der Waals surface area contributed by atoms with E-state index >= 15 is 0 Å². The van der Waals surface area contributed by atoms with Crippen LogP contribution in [0.1, 0.15) is 16.7 Å². The summed E-state index contributed by atoms with van der Waals surface area (Å²) in [5.41, 5.74) is 8.81. The van der Waals surface area contributed by atoms with Crippen LogP contribution < -0.4 is 15.5 Å². The summed E-state index contributed by atoms with van der Waals surface area (Å²) in [5, 5.41) is 0. The van der Waals surface area contributed by atoms with Gasteiger partial charge in [0.15, 0.2) is 0 Å². The van der Waals surface area contributed by atoms with Crippen LogP contribution in [0.15, 0.2) is 42.5 Å². The number of hydrogen-bond acceptors (Lipinski definition) is 3. The van der Waals surface area contributed by atoms with Gasteiger partial charge in [-0.3, -0.25) is 0 Å². The third-order valence-electron chi connectivity index (χ3n) is 4.62. The highest BCUT2D eigenvalue weighted by atomic mass is 19.4. The van der Waals surface area contributed by atoms with Gasteiger partial charge in [0.1, 0.15) is 0 Å². The summed E-state index contributed by atoms with van der Waals surface area (Å²) in [4.78, 5) is 4.27. The topological polar surface area (TPSA) is 32.5 Å². The molecule has 1 heterocycles. The third kappa shape index (κ3) is 3.90. The molecule has 0 bridgehead atoms. The summed E-state index contributed by atoms with van der Waals surface area (Å²) < 4.78 is 39.1. The zero-order valence-electron chi connectivity index (χ0n) is 14.2. The first kappa shape index (κ1) is 17.6. The number of nitrogens with two attached hydrogens (primary N) is 1. The zero-order chi connectivity index (χ0) is 18.0. The molecular formula is C19H22F3N3. The van der Waals surface area contributed by atoms with Gasteiger partial charge in [0.2, 0.25) is 0 Å². The van der Waals surface area contributed by atoms with Crippen molar-refractivity contribution < 1.29 is 13.2 Å². The van der Waals surface area contributed by atoms with Crippen molar-refractivity contribution in [2.45, 2.75) is 19.6 Å². The van der Waals surface area contributed by atoms with E-state index in [1.807, 2.05) is 11.0 Å². The van der Waals surface area contributed by atoms with Gasteiger partial charge in [-0.2, -0.15) is 13.2 Å². The lowest BCUT2D eigenvalue weighted by atomic mass is 10.1. The Hall–Kier alpha value is -2.21. The Morgan fingerprint density at radius 3 is 2.24 bits per heavy atom. The summed E-state index contributed by atoms with van der Waals surface area (Å²) in [5.74, 6) is 0. The van der Waals surface area contributed by atoms with Crippen molar-refractivity contribution in [3.05, 3.63) is 59.2 Å². The second-order valence-electron chi connectivity index (χ2n) is 6.36. The lowest BCUT2D eigenvalue weighted by Gasteiger charge is -2.38. The maximum absolute atomic E-state index is 13.0. The standard InChI is InChI=1S/C19H22F3N3/c1-14-3-2-4-17(11-14)24-7-9-25(10-8-24)18-12-16(19(20,21)22)6-5-15(18)13-23/h2-6,11-12H,7-10,13,23H2,1H3. The highest BCUT2D eigenvalue weighted by molar-refractivity contribution is 5.58. The van der Waals surface area contributed by atoms with Crippen LogP contribution in [0.5, 0.6) is 0 Å². The molecule has 0 unspecified atom stereocenters. The van der Waals surface area contributed by atoms with Crippen LogP contribution in [0.2, 0.25) is 0 Å². The van der Waals surface area contributed by atoms with Crippen molar-refractivity contribution in [2.75, 3.05) is 36.0 Å². The van der Waals surface area contributed by atoms with Crippen molar-refractivity contribution in [2.24, 2.45) is 5.73 Å². The minimum Gasteiger partial charge on any atom is -0.368 e. The molecule has 2 aromatic rings. The van der Waals surface area contributed by atoms with Crippen LogP contribution in [0, 0.1) is 6.92 Å². The monoisotopic (exact) mass is 349 g/mol. The van der Waals surface area contributed by atoms with Crippen molar-refractivity contribution in [3.8, 4) is 0 Å². The fourth-order valence-corrected chi connectivity index (χ4v) is 3.24. The van der Waals surface area contributed by atoms with Gasteiger partial charge in [0, 0.05) is 44.1 Å². The minimum atomic E-state index is -4.34. The largest absolute Gasteiger partial charge is 0.416 e. The van der Waals surface area contributed by atoms with Crippen molar-refractivity contribution in [3.63, 3.8) is 0 Å². The second kappa shape index (κ2) is 6.96. The Bertz CT molecular complexity index is 735. The molecular weight excluding hydrogens is 327 g/mol. The summed E-state index contributed by atoms with van der Waals surface area (Å²) in [6.45, 7) is 5.15. The zero-order valence-corrected chi connectivity index (χ0v) is 14.2. The molecule has 25 heavy (non-hydrogen) atoms. The quantitative estimate of drug-likeness (QED) is 0.915. The third-order valence-corrected chi connectivity index (χ3v) is 4.62. The Morgan fingerprint density at radius 1 is 0.960 bits per heavy atom. The predicted molar refractivity (Wildman–Crippen MR) is 94.9 cm³/mol. The van der Waals surface area contributed by atoms with Crippen LogP contribution in [-0.2, 0) is 12.7 Å². The molecule has 1 aliphatic rings. The molecule has 2 N–H and O–H groups in total. The number of rotatable bonds is 3. The molecule has 0 saturated carbocycles. The van der Waals surface area contributed by atoms with E-state index < -0.39 is 11.7 Å². The van der Waals surface area contributed by atoms with E-state index in [0.717, 1.165) is 30.4 Å². The van der Waals surface area contributed by atoms with Crippen molar-refractivity contribution >= 4 is 11.4 Å². The maximum Gasteiger partial charge on any atom is 0.416 e. The van der Waals surface area contributed by atoms with Gasteiger partial charge in [-0.15, -0.1) is 0 Å². The van der Waals surface area contributed by atoms with Crippen LogP contribution >= 0.6 is 0 Å². The Balaban J connectivity index is 1.78. The summed E-state index contributed by atoms with van der Waals surface area (Å²) in [6.07, 6.45) is -4.34. The first-order valence-corrected chi connectivity index (χ1v) is 8.35. The molecule has 3 rings (SSSR count). The number of halogens is 3. The van der Waals surface area contributed by atoms with E-state index in [4.69, 9.17) is 5.73 Å². The molecule has 0 aliphatic carbocycles. The van der Waals surface area contributed by atoms with E-state index in [1.165, 1.54) is 17.7 Å². The van der Waals surface area contributed by atoms with Gasteiger partial charge in [-0.25, -0.2) is 0 Å². The van der Waals surface area contributed by atoms with E-state index in [2.05, 4.69) is 30.0 Å². The van der Waals surface area contributed by atoms with Gasteiger partial charge in [-0.05, 0) is 42.3 Å². The normalized spacial score (nSPS) is 15.6. The number of benzene rings is 2.